The van der Waals surface area contributed by atoms with Crippen LogP contribution in [-0.4, -0.2) is 24.5 Å². The van der Waals surface area contributed by atoms with Gasteiger partial charge in [-0.2, -0.15) is 4.39 Å². The summed E-state index contributed by atoms with van der Waals surface area (Å²) in [5, 5.41) is 11.3. The molecule has 82 valence electrons. The summed E-state index contributed by atoms with van der Waals surface area (Å²) in [6.07, 6.45) is 0. The largest absolute Gasteiger partial charge is 0.503 e. The SMILES string of the molecule is CNCC(=O)c1cc(F)c(F)c(O)c1F. The van der Waals surface area contributed by atoms with Gasteiger partial charge in [0.25, 0.3) is 0 Å². The number of rotatable bonds is 3. The molecule has 0 saturated heterocycles. The molecule has 0 saturated carbocycles. The van der Waals surface area contributed by atoms with E-state index in [2.05, 4.69) is 5.32 Å². The summed E-state index contributed by atoms with van der Waals surface area (Å²) in [7, 11) is 1.44. The number of halogens is 3. The smallest absolute Gasteiger partial charge is 0.203 e. The molecule has 3 nitrogen and oxygen atoms in total. The van der Waals surface area contributed by atoms with Crippen molar-refractivity contribution in [1.29, 1.82) is 0 Å². The van der Waals surface area contributed by atoms with Crippen LogP contribution >= 0.6 is 0 Å². The van der Waals surface area contributed by atoms with Crippen LogP contribution < -0.4 is 5.32 Å². The molecule has 0 heterocycles. The summed E-state index contributed by atoms with van der Waals surface area (Å²) >= 11 is 0. The number of Topliss-reactive ketones (excluding diaryl/α,β-unsaturated/α-hetero) is 1. The number of likely N-dealkylation sites (N-methyl/N-ethyl adjacent to an activating group) is 1. The number of benzene rings is 1. The molecule has 0 bridgehead atoms. The van der Waals surface area contributed by atoms with E-state index in [-0.39, 0.29) is 6.54 Å². The molecule has 2 N–H and O–H groups in total. The standard InChI is InChI=1S/C9H8F3NO2/c1-13-3-6(14)4-2-5(10)8(12)9(15)7(4)11/h2,13,15H,3H2,1H3. The van der Waals surface area contributed by atoms with Gasteiger partial charge in [0.2, 0.25) is 5.82 Å². The summed E-state index contributed by atoms with van der Waals surface area (Å²) in [5.74, 6) is -6.87. The third-order valence-corrected chi connectivity index (χ3v) is 1.77. The van der Waals surface area contributed by atoms with Crippen molar-refractivity contribution in [2.75, 3.05) is 13.6 Å². The van der Waals surface area contributed by atoms with E-state index in [1.807, 2.05) is 0 Å². The van der Waals surface area contributed by atoms with Crippen molar-refractivity contribution in [3.05, 3.63) is 29.1 Å². The average molecular weight is 219 g/mol. The van der Waals surface area contributed by atoms with Crippen LogP contribution in [-0.2, 0) is 0 Å². The molecule has 1 rings (SSSR count). The van der Waals surface area contributed by atoms with Crippen molar-refractivity contribution in [2.24, 2.45) is 0 Å². The van der Waals surface area contributed by atoms with Gasteiger partial charge in [-0.25, -0.2) is 8.78 Å². The summed E-state index contributed by atoms with van der Waals surface area (Å²) in [5.41, 5.74) is -0.680. The Morgan fingerprint density at radius 1 is 1.40 bits per heavy atom. The van der Waals surface area contributed by atoms with Crippen molar-refractivity contribution in [2.45, 2.75) is 0 Å². The summed E-state index contributed by atoms with van der Waals surface area (Å²) in [4.78, 5) is 11.2. The van der Waals surface area contributed by atoms with Gasteiger partial charge in [0, 0.05) is 0 Å². The van der Waals surface area contributed by atoms with Gasteiger partial charge in [0.05, 0.1) is 12.1 Å². The lowest BCUT2D eigenvalue weighted by Crippen LogP contribution is -2.20. The third-order valence-electron chi connectivity index (χ3n) is 1.77. The van der Waals surface area contributed by atoms with Crippen LogP contribution in [0.2, 0.25) is 0 Å². The molecule has 0 aliphatic carbocycles. The fourth-order valence-electron chi connectivity index (χ4n) is 1.05. The molecule has 0 unspecified atom stereocenters. The highest BCUT2D eigenvalue weighted by Crippen LogP contribution is 2.25. The number of phenols is 1. The van der Waals surface area contributed by atoms with Gasteiger partial charge >= 0.3 is 0 Å². The molecule has 0 aliphatic heterocycles. The van der Waals surface area contributed by atoms with E-state index in [4.69, 9.17) is 5.11 Å². The second-order valence-electron chi connectivity index (χ2n) is 2.84. The Bertz CT molecular complexity index is 407. The van der Waals surface area contributed by atoms with E-state index in [0.29, 0.717) is 6.07 Å². The Balaban J connectivity index is 3.26. The number of carbonyl (C=O) groups is 1. The maximum Gasteiger partial charge on any atom is 0.203 e. The maximum atomic E-state index is 13.1. The zero-order chi connectivity index (χ0) is 11.6. The molecule has 0 atom stereocenters. The van der Waals surface area contributed by atoms with Gasteiger partial charge in [0.15, 0.2) is 23.2 Å². The molecular weight excluding hydrogens is 211 g/mol. The molecular formula is C9H8F3NO2. The number of phenolic OH excluding ortho intramolecular Hbond substituents is 1. The second kappa shape index (κ2) is 4.31. The van der Waals surface area contributed by atoms with E-state index in [9.17, 15) is 18.0 Å². The van der Waals surface area contributed by atoms with Gasteiger partial charge in [-0.15, -0.1) is 0 Å². The lowest BCUT2D eigenvalue weighted by Gasteiger charge is -2.05. The van der Waals surface area contributed by atoms with Crippen LogP contribution in [0.15, 0.2) is 6.07 Å². The van der Waals surface area contributed by atoms with Crippen molar-refractivity contribution in [3.63, 3.8) is 0 Å². The first-order chi connectivity index (χ1) is 6.99. The highest BCUT2D eigenvalue weighted by molar-refractivity contribution is 5.98. The molecule has 0 fully saturated rings. The van der Waals surface area contributed by atoms with Gasteiger partial charge < -0.3 is 10.4 Å². The molecule has 0 spiro atoms. The van der Waals surface area contributed by atoms with E-state index in [0.717, 1.165) is 0 Å². The Morgan fingerprint density at radius 3 is 2.53 bits per heavy atom. The average Bonchev–Trinajstić information content (AvgIpc) is 2.20. The fourth-order valence-corrected chi connectivity index (χ4v) is 1.05. The third kappa shape index (κ3) is 2.10. The fraction of sp³-hybridized carbons (Fsp3) is 0.222. The van der Waals surface area contributed by atoms with Crippen LogP contribution in [0.25, 0.3) is 0 Å². The van der Waals surface area contributed by atoms with E-state index < -0.39 is 34.5 Å². The number of nitrogens with one attached hydrogen (secondary N) is 1. The Morgan fingerprint density at radius 2 is 2.00 bits per heavy atom. The van der Waals surface area contributed by atoms with Crippen LogP contribution in [0.3, 0.4) is 0 Å². The molecule has 0 radical (unpaired) electrons. The number of ketones is 1. The van der Waals surface area contributed by atoms with Crippen molar-refractivity contribution >= 4 is 5.78 Å². The van der Waals surface area contributed by atoms with Gasteiger partial charge in [-0.1, -0.05) is 0 Å². The maximum absolute atomic E-state index is 13.1. The lowest BCUT2D eigenvalue weighted by atomic mass is 10.1. The summed E-state index contributed by atoms with van der Waals surface area (Å²) < 4.78 is 38.5. The van der Waals surface area contributed by atoms with Crippen LogP contribution in [0.1, 0.15) is 10.4 Å². The topological polar surface area (TPSA) is 49.3 Å². The molecule has 1 aromatic carbocycles. The highest BCUT2D eigenvalue weighted by Gasteiger charge is 2.21. The predicted octanol–water partition coefficient (Wildman–Crippen LogP) is 1.21. The molecule has 0 aromatic heterocycles. The number of aromatic hydroxyl groups is 1. The first kappa shape index (κ1) is 11.5. The number of hydrogen-bond donors (Lipinski definition) is 2. The number of carbonyl (C=O) groups excluding carboxylic acids is 1. The normalized spacial score (nSPS) is 10.4. The quantitative estimate of drug-likeness (QED) is 0.593. The van der Waals surface area contributed by atoms with Gasteiger partial charge in [-0.3, -0.25) is 4.79 Å². The molecule has 6 heteroatoms. The van der Waals surface area contributed by atoms with E-state index >= 15 is 0 Å². The second-order valence-corrected chi connectivity index (χ2v) is 2.84. The van der Waals surface area contributed by atoms with Crippen LogP contribution in [0.5, 0.6) is 5.75 Å². The summed E-state index contributed by atoms with van der Waals surface area (Å²) in [6, 6.07) is 0.421. The van der Waals surface area contributed by atoms with E-state index in [1.165, 1.54) is 7.05 Å². The molecule has 1 aromatic rings. The minimum Gasteiger partial charge on any atom is -0.503 e. The summed E-state index contributed by atoms with van der Waals surface area (Å²) in [6.45, 7) is -0.235. The van der Waals surface area contributed by atoms with Crippen molar-refractivity contribution < 1.29 is 23.1 Å². The highest BCUT2D eigenvalue weighted by atomic mass is 19.2. The minimum absolute atomic E-state index is 0.235. The lowest BCUT2D eigenvalue weighted by molar-refractivity contribution is 0.0988. The first-order valence-electron chi connectivity index (χ1n) is 4.03. The molecule has 0 aliphatic rings. The van der Waals surface area contributed by atoms with Crippen molar-refractivity contribution in [1.82, 2.24) is 5.32 Å². The Hall–Kier alpha value is -1.56. The molecule has 15 heavy (non-hydrogen) atoms. The Labute approximate surface area is 83.5 Å². The number of hydrogen-bond acceptors (Lipinski definition) is 3. The Kier molecular flexibility index (Phi) is 3.31. The molecule has 0 amide bonds. The zero-order valence-electron chi connectivity index (χ0n) is 7.77. The van der Waals surface area contributed by atoms with Crippen LogP contribution in [0.4, 0.5) is 13.2 Å². The van der Waals surface area contributed by atoms with E-state index in [1.54, 1.807) is 0 Å². The van der Waals surface area contributed by atoms with Gasteiger partial charge in [0.1, 0.15) is 0 Å². The first-order valence-corrected chi connectivity index (χ1v) is 4.03. The van der Waals surface area contributed by atoms with Crippen LogP contribution in [0, 0.1) is 17.5 Å². The van der Waals surface area contributed by atoms with Gasteiger partial charge in [-0.05, 0) is 13.1 Å². The predicted molar refractivity (Wildman–Crippen MR) is 46.2 cm³/mol. The monoisotopic (exact) mass is 219 g/mol. The van der Waals surface area contributed by atoms with Crippen molar-refractivity contribution in [3.8, 4) is 5.75 Å². The zero-order valence-corrected chi connectivity index (χ0v) is 7.77. The minimum atomic E-state index is -1.70.